The van der Waals surface area contributed by atoms with Crippen LogP contribution in [0.15, 0.2) is 12.3 Å². The van der Waals surface area contributed by atoms with Gasteiger partial charge in [0.2, 0.25) is 0 Å². The fourth-order valence-corrected chi connectivity index (χ4v) is 1.43. The molecule has 0 aromatic carbocycles. The SMILES string of the molecule is CCC(C)n1ccc(CC(F)CCN)n1. The van der Waals surface area contributed by atoms with Crippen molar-refractivity contribution in [2.24, 2.45) is 5.73 Å². The molecular weight excluding hydrogens is 193 g/mol. The molecule has 0 amide bonds. The molecule has 1 aromatic heterocycles. The number of nitrogens with zero attached hydrogens (tertiary/aromatic N) is 2. The lowest BCUT2D eigenvalue weighted by atomic mass is 10.1. The first-order chi connectivity index (χ1) is 7.17. The van der Waals surface area contributed by atoms with E-state index in [9.17, 15) is 4.39 Å². The first-order valence-corrected chi connectivity index (χ1v) is 5.55. The number of rotatable bonds is 6. The highest BCUT2D eigenvalue weighted by molar-refractivity contribution is 5.01. The van der Waals surface area contributed by atoms with Crippen molar-refractivity contribution in [2.75, 3.05) is 6.54 Å². The van der Waals surface area contributed by atoms with Gasteiger partial charge in [-0.15, -0.1) is 0 Å². The molecule has 0 fully saturated rings. The highest BCUT2D eigenvalue weighted by Crippen LogP contribution is 2.11. The third kappa shape index (κ3) is 3.63. The van der Waals surface area contributed by atoms with Crippen LogP contribution in [0, 0.1) is 0 Å². The standard InChI is InChI=1S/C11H20FN3/c1-3-9(2)15-7-5-11(14-15)8-10(12)4-6-13/h5,7,9-10H,3-4,6,8,13H2,1-2H3. The molecule has 4 heteroatoms. The largest absolute Gasteiger partial charge is 0.330 e. The summed E-state index contributed by atoms with van der Waals surface area (Å²) in [5.74, 6) is 0. The van der Waals surface area contributed by atoms with Crippen LogP contribution in [-0.4, -0.2) is 22.5 Å². The summed E-state index contributed by atoms with van der Waals surface area (Å²) in [7, 11) is 0. The van der Waals surface area contributed by atoms with Gasteiger partial charge in [-0.3, -0.25) is 4.68 Å². The minimum atomic E-state index is -0.865. The van der Waals surface area contributed by atoms with Gasteiger partial charge in [-0.1, -0.05) is 6.92 Å². The number of hydrogen-bond acceptors (Lipinski definition) is 2. The summed E-state index contributed by atoms with van der Waals surface area (Å²) < 4.78 is 15.1. The van der Waals surface area contributed by atoms with Crippen molar-refractivity contribution < 1.29 is 4.39 Å². The van der Waals surface area contributed by atoms with Crippen molar-refractivity contribution in [2.45, 2.75) is 45.3 Å². The zero-order valence-corrected chi connectivity index (χ0v) is 9.49. The van der Waals surface area contributed by atoms with Gasteiger partial charge >= 0.3 is 0 Å². The summed E-state index contributed by atoms with van der Waals surface area (Å²) >= 11 is 0. The molecule has 2 atom stereocenters. The van der Waals surface area contributed by atoms with Crippen molar-refractivity contribution >= 4 is 0 Å². The topological polar surface area (TPSA) is 43.8 Å². The molecule has 0 bridgehead atoms. The predicted molar refractivity (Wildman–Crippen MR) is 59.5 cm³/mol. The van der Waals surface area contributed by atoms with Crippen LogP contribution in [0.1, 0.15) is 38.4 Å². The van der Waals surface area contributed by atoms with Crippen molar-refractivity contribution in [1.82, 2.24) is 9.78 Å². The van der Waals surface area contributed by atoms with Crippen molar-refractivity contribution in [3.63, 3.8) is 0 Å². The van der Waals surface area contributed by atoms with Crippen molar-refractivity contribution in [3.8, 4) is 0 Å². The number of hydrogen-bond donors (Lipinski definition) is 1. The average molecular weight is 213 g/mol. The Morgan fingerprint density at radius 1 is 1.60 bits per heavy atom. The Morgan fingerprint density at radius 3 is 2.93 bits per heavy atom. The average Bonchev–Trinajstić information content (AvgIpc) is 2.65. The van der Waals surface area contributed by atoms with E-state index >= 15 is 0 Å². The van der Waals surface area contributed by atoms with Gasteiger partial charge in [-0.05, 0) is 32.4 Å². The van der Waals surface area contributed by atoms with Gasteiger partial charge < -0.3 is 5.73 Å². The smallest absolute Gasteiger partial charge is 0.107 e. The molecule has 0 radical (unpaired) electrons. The van der Waals surface area contributed by atoms with E-state index in [2.05, 4.69) is 18.9 Å². The Hall–Kier alpha value is -0.900. The number of alkyl halides is 1. The second-order valence-corrected chi connectivity index (χ2v) is 3.92. The van der Waals surface area contributed by atoms with E-state index in [0.717, 1.165) is 12.1 Å². The van der Waals surface area contributed by atoms with Crippen LogP contribution in [0.5, 0.6) is 0 Å². The highest BCUT2D eigenvalue weighted by atomic mass is 19.1. The molecule has 0 aliphatic heterocycles. The highest BCUT2D eigenvalue weighted by Gasteiger charge is 2.10. The lowest BCUT2D eigenvalue weighted by Crippen LogP contribution is -2.12. The zero-order chi connectivity index (χ0) is 11.3. The maximum Gasteiger partial charge on any atom is 0.107 e. The van der Waals surface area contributed by atoms with Gasteiger partial charge in [0, 0.05) is 18.7 Å². The van der Waals surface area contributed by atoms with Crippen LogP contribution in [0.25, 0.3) is 0 Å². The molecule has 2 N–H and O–H groups in total. The van der Waals surface area contributed by atoms with Gasteiger partial charge in [-0.25, -0.2) is 4.39 Å². The molecule has 15 heavy (non-hydrogen) atoms. The van der Waals surface area contributed by atoms with E-state index in [1.807, 2.05) is 16.9 Å². The quantitative estimate of drug-likeness (QED) is 0.786. The van der Waals surface area contributed by atoms with Gasteiger partial charge in [0.1, 0.15) is 6.17 Å². The van der Waals surface area contributed by atoms with E-state index < -0.39 is 6.17 Å². The molecule has 1 rings (SSSR count). The second kappa shape index (κ2) is 5.85. The normalized spacial score (nSPS) is 15.2. The number of nitrogens with two attached hydrogens (primary N) is 1. The van der Waals surface area contributed by atoms with Crippen molar-refractivity contribution in [1.29, 1.82) is 0 Å². The van der Waals surface area contributed by atoms with E-state index in [4.69, 9.17) is 5.73 Å². The van der Waals surface area contributed by atoms with E-state index in [0.29, 0.717) is 25.4 Å². The number of aromatic nitrogens is 2. The molecule has 0 aliphatic carbocycles. The molecule has 0 spiro atoms. The lowest BCUT2D eigenvalue weighted by Gasteiger charge is -2.08. The van der Waals surface area contributed by atoms with Crippen LogP contribution in [0.3, 0.4) is 0 Å². The van der Waals surface area contributed by atoms with E-state index in [1.165, 1.54) is 0 Å². The van der Waals surface area contributed by atoms with Crippen LogP contribution < -0.4 is 5.73 Å². The molecule has 2 unspecified atom stereocenters. The second-order valence-electron chi connectivity index (χ2n) is 3.92. The monoisotopic (exact) mass is 213 g/mol. The molecule has 0 aliphatic rings. The molecule has 3 nitrogen and oxygen atoms in total. The fraction of sp³-hybridized carbons (Fsp3) is 0.727. The molecular formula is C11H20FN3. The third-order valence-corrected chi connectivity index (χ3v) is 2.62. The zero-order valence-electron chi connectivity index (χ0n) is 9.49. The van der Waals surface area contributed by atoms with Crippen LogP contribution in [0.4, 0.5) is 4.39 Å². The van der Waals surface area contributed by atoms with Gasteiger partial charge in [0.25, 0.3) is 0 Å². The molecule has 1 aromatic rings. The molecule has 0 saturated carbocycles. The Morgan fingerprint density at radius 2 is 2.33 bits per heavy atom. The van der Waals surface area contributed by atoms with Gasteiger partial charge in [-0.2, -0.15) is 5.10 Å². The first-order valence-electron chi connectivity index (χ1n) is 5.55. The van der Waals surface area contributed by atoms with E-state index in [-0.39, 0.29) is 0 Å². The first kappa shape index (κ1) is 12.2. The maximum absolute atomic E-state index is 13.3. The van der Waals surface area contributed by atoms with Crippen molar-refractivity contribution in [3.05, 3.63) is 18.0 Å². The summed E-state index contributed by atoms with van der Waals surface area (Å²) in [4.78, 5) is 0. The number of halogens is 1. The van der Waals surface area contributed by atoms with Crippen LogP contribution in [0.2, 0.25) is 0 Å². The third-order valence-electron chi connectivity index (χ3n) is 2.62. The lowest BCUT2D eigenvalue weighted by molar-refractivity contribution is 0.313. The molecule has 0 saturated heterocycles. The van der Waals surface area contributed by atoms with Crippen LogP contribution >= 0.6 is 0 Å². The minimum absolute atomic E-state index is 0.376. The summed E-state index contributed by atoms with van der Waals surface area (Å²) in [6.07, 6.45) is 2.87. The van der Waals surface area contributed by atoms with Gasteiger partial charge in [0.05, 0.1) is 5.69 Å². The summed E-state index contributed by atoms with van der Waals surface area (Å²) in [6, 6.07) is 2.27. The fourth-order valence-electron chi connectivity index (χ4n) is 1.43. The Kier molecular flexibility index (Phi) is 4.75. The van der Waals surface area contributed by atoms with Crippen LogP contribution in [-0.2, 0) is 6.42 Å². The maximum atomic E-state index is 13.3. The molecule has 1 heterocycles. The van der Waals surface area contributed by atoms with E-state index in [1.54, 1.807) is 0 Å². The Labute approximate surface area is 90.5 Å². The Balaban J connectivity index is 2.52. The molecule has 86 valence electrons. The summed E-state index contributed by atoms with van der Waals surface area (Å²) in [6.45, 7) is 4.61. The Bertz CT molecular complexity index is 285. The van der Waals surface area contributed by atoms with Gasteiger partial charge in [0.15, 0.2) is 0 Å². The summed E-state index contributed by atoms with van der Waals surface area (Å²) in [5.41, 5.74) is 6.11. The summed E-state index contributed by atoms with van der Waals surface area (Å²) in [5, 5.41) is 4.34. The minimum Gasteiger partial charge on any atom is -0.330 e. The predicted octanol–water partition coefficient (Wildman–Crippen LogP) is 2.08.